The van der Waals surface area contributed by atoms with Crippen LogP contribution < -0.4 is 0 Å². The summed E-state index contributed by atoms with van der Waals surface area (Å²) in [7, 11) is 1.44. The van der Waals surface area contributed by atoms with Crippen LogP contribution in [-0.2, 0) is 9.53 Å². The van der Waals surface area contributed by atoms with E-state index in [1.54, 1.807) is 6.08 Å². The van der Waals surface area contributed by atoms with Crippen LogP contribution in [0.5, 0.6) is 0 Å². The maximum absolute atomic E-state index is 11.4. The van der Waals surface area contributed by atoms with Gasteiger partial charge in [-0.15, -0.1) is 0 Å². The molecular formula is C15H16O3. The predicted molar refractivity (Wildman–Crippen MR) is 70.2 cm³/mol. The molecule has 0 saturated heterocycles. The molecule has 2 rings (SSSR count). The van der Waals surface area contributed by atoms with Crippen LogP contribution in [0.15, 0.2) is 48.1 Å². The molecule has 1 aliphatic rings. The zero-order chi connectivity index (χ0) is 13.2. The molecular weight excluding hydrogens is 228 g/mol. The second kappa shape index (κ2) is 4.78. The van der Waals surface area contributed by atoms with Crippen molar-refractivity contribution in [1.29, 1.82) is 0 Å². The van der Waals surface area contributed by atoms with E-state index < -0.39 is 11.6 Å². The second-order valence-corrected chi connectivity index (χ2v) is 4.50. The van der Waals surface area contributed by atoms with E-state index in [1.165, 1.54) is 7.11 Å². The van der Waals surface area contributed by atoms with Crippen LogP contribution in [0.3, 0.4) is 0 Å². The molecule has 3 nitrogen and oxygen atoms in total. The maximum atomic E-state index is 11.4. The summed E-state index contributed by atoms with van der Waals surface area (Å²) < 4.78 is 5.25. The van der Waals surface area contributed by atoms with Crippen LogP contribution in [0.4, 0.5) is 0 Å². The second-order valence-electron chi connectivity index (χ2n) is 4.50. The Morgan fingerprint density at radius 3 is 2.56 bits per heavy atom. The topological polar surface area (TPSA) is 46.5 Å². The summed E-state index contributed by atoms with van der Waals surface area (Å²) in [5, 5.41) is 9.37. The lowest BCUT2D eigenvalue weighted by Gasteiger charge is -2.29. The van der Waals surface area contributed by atoms with Gasteiger partial charge in [0.15, 0.2) is 5.60 Å². The van der Waals surface area contributed by atoms with Crippen molar-refractivity contribution in [3.05, 3.63) is 53.6 Å². The van der Waals surface area contributed by atoms with Crippen molar-refractivity contribution >= 4 is 11.5 Å². The largest absolute Gasteiger partial charge is 0.479 e. The first-order valence-electron chi connectivity index (χ1n) is 5.81. The molecule has 0 bridgehead atoms. The van der Waals surface area contributed by atoms with Crippen molar-refractivity contribution in [3.8, 4) is 0 Å². The number of carbonyl (C=O) groups is 1. The molecule has 0 spiro atoms. The Hall–Kier alpha value is -1.87. The van der Waals surface area contributed by atoms with E-state index >= 15 is 0 Å². The fourth-order valence-corrected chi connectivity index (χ4v) is 2.26. The minimum absolute atomic E-state index is 0.347. The molecule has 18 heavy (non-hydrogen) atoms. The number of benzene rings is 1. The number of hydrogen-bond donors (Lipinski definition) is 1. The lowest BCUT2D eigenvalue weighted by Crippen LogP contribution is -2.40. The zero-order valence-electron chi connectivity index (χ0n) is 10.5. The summed E-state index contributed by atoms with van der Waals surface area (Å²) in [5.74, 6) is -0.953. The fraction of sp³-hybridized carbons (Fsp3) is 0.267. The van der Waals surface area contributed by atoms with Gasteiger partial charge < -0.3 is 9.84 Å². The number of methoxy groups -OCH3 is 1. The molecule has 94 valence electrons. The van der Waals surface area contributed by atoms with Gasteiger partial charge in [-0.25, -0.2) is 4.79 Å². The number of rotatable bonds is 3. The Morgan fingerprint density at radius 1 is 1.33 bits per heavy atom. The van der Waals surface area contributed by atoms with Crippen molar-refractivity contribution in [2.45, 2.75) is 18.9 Å². The normalized spacial score (nSPS) is 23.2. The van der Waals surface area contributed by atoms with Gasteiger partial charge in [0, 0.05) is 13.5 Å². The van der Waals surface area contributed by atoms with Gasteiger partial charge in [-0.3, -0.25) is 0 Å². The molecule has 0 amide bonds. The number of ether oxygens (including phenoxy) is 1. The number of allylic oxidation sites excluding steroid dienone is 2. The first-order chi connectivity index (χ1) is 8.57. The van der Waals surface area contributed by atoms with Gasteiger partial charge in [0.1, 0.15) is 0 Å². The van der Waals surface area contributed by atoms with Crippen LogP contribution >= 0.6 is 0 Å². The Bertz CT molecular complexity index is 514. The minimum Gasteiger partial charge on any atom is -0.479 e. The van der Waals surface area contributed by atoms with Crippen molar-refractivity contribution in [3.63, 3.8) is 0 Å². The van der Waals surface area contributed by atoms with E-state index in [0.29, 0.717) is 6.42 Å². The number of carboxylic acid groups (broad SMARTS) is 1. The van der Waals surface area contributed by atoms with Gasteiger partial charge in [0.25, 0.3) is 0 Å². The summed E-state index contributed by atoms with van der Waals surface area (Å²) in [6.45, 7) is 1.89. The smallest absolute Gasteiger partial charge is 0.340 e. The average molecular weight is 244 g/mol. The predicted octanol–water partition coefficient (Wildman–Crippen LogP) is 2.89. The van der Waals surface area contributed by atoms with Crippen molar-refractivity contribution in [2.24, 2.45) is 0 Å². The molecule has 1 atom stereocenters. The molecule has 1 aromatic rings. The van der Waals surface area contributed by atoms with Crippen molar-refractivity contribution < 1.29 is 14.6 Å². The summed E-state index contributed by atoms with van der Waals surface area (Å²) in [5.41, 5.74) is 1.68. The summed E-state index contributed by atoms with van der Waals surface area (Å²) >= 11 is 0. The monoisotopic (exact) mass is 244 g/mol. The van der Waals surface area contributed by atoms with E-state index in [0.717, 1.165) is 16.7 Å². The van der Waals surface area contributed by atoms with Crippen LogP contribution in [0.2, 0.25) is 0 Å². The highest BCUT2D eigenvalue weighted by Crippen LogP contribution is 2.34. The van der Waals surface area contributed by atoms with E-state index in [9.17, 15) is 9.90 Å². The summed E-state index contributed by atoms with van der Waals surface area (Å²) in [6.07, 6.45) is 4.03. The Labute approximate surface area is 106 Å². The molecule has 0 radical (unpaired) electrons. The highest BCUT2D eigenvalue weighted by molar-refractivity contribution is 5.86. The SMILES string of the molecule is COC1(C(=O)O)C=C(C)C=C(c2ccccc2)C1. The maximum Gasteiger partial charge on any atom is 0.340 e. The van der Waals surface area contributed by atoms with Gasteiger partial charge >= 0.3 is 5.97 Å². The van der Waals surface area contributed by atoms with Gasteiger partial charge in [0.05, 0.1) is 0 Å². The molecule has 0 aromatic heterocycles. The molecule has 1 unspecified atom stereocenters. The van der Waals surface area contributed by atoms with E-state index in [1.807, 2.05) is 43.3 Å². The molecule has 0 fully saturated rings. The summed E-state index contributed by atoms with van der Waals surface area (Å²) in [4.78, 5) is 11.4. The number of carboxylic acids is 1. The number of hydrogen-bond acceptors (Lipinski definition) is 2. The first kappa shape index (κ1) is 12.6. The Morgan fingerprint density at radius 2 is 2.00 bits per heavy atom. The number of aliphatic carboxylic acids is 1. The van der Waals surface area contributed by atoms with Crippen LogP contribution in [-0.4, -0.2) is 23.8 Å². The van der Waals surface area contributed by atoms with E-state index in [4.69, 9.17) is 4.74 Å². The quantitative estimate of drug-likeness (QED) is 0.889. The molecule has 1 N–H and O–H groups in total. The molecule has 3 heteroatoms. The van der Waals surface area contributed by atoms with Crippen molar-refractivity contribution in [2.75, 3.05) is 7.11 Å². The Balaban J connectivity index is 2.42. The average Bonchev–Trinajstić information content (AvgIpc) is 2.38. The lowest BCUT2D eigenvalue weighted by molar-refractivity contribution is -0.156. The highest BCUT2D eigenvalue weighted by atomic mass is 16.5. The molecule has 1 aromatic carbocycles. The van der Waals surface area contributed by atoms with Gasteiger partial charge in [-0.1, -0.05) is 42.0 Å². The highest BCUT2D eigenvalue weighted by Gasteiger charge is 2.39. The third-order valence-corrected chi connectivity index (χ3v) is 3.19. The molecule has 0 saturated carbocycles. The van der Waals surface area contributed by atoms with E-state index in [-0.39, 0.29) is 0 Å². The zero-order valence-corrected chi connectivity index (χ0v) is 10.5. The van der Waals surface area contributed by atoms with Crippen LogP contribution in [0.1, 0.15) is 18.9 Å². The van der Waals surface area contributed by atoms with Gasteiger partial charge in [0.2, 0.25) is 0 Å². The van der Waals surface area contributed by atoms with Gasteiger partial charge in [-0.2, -0.15) is 0 Å². The van der Waals surface area contributed by atoms with Crippen LogP contribution in [0, 0.1) is 0 Å². The molecule has 0 aliphatic heterocycles. The third kappa shape index (κ3) is 2.22. The molecule has 0 heterocycles. The van der Waals surface area contributed by atoms with Crippen molar-refractivity contribution in [1.82, 2.24) is 0 Å². The molecule has 1 aliphatic carbocycles. The minimum atomic E-state index is -1.25. The third-order valence-electron chi connectivity index (χ3n) is 3.19. The van der Waals surface area contributed by atoms with Gasteiger partial charge in [-0.05, 0) is 24.1 Å². The lowest BCUT2D eigenvalue weighted by atomic mass is 9.84. The first-order valence-corrected chi connectivity index (χ1v) is 5.81. The Kier molecular flexibility index (Phi) is 3.34. The standard InChI is InChI=1S/C15H16O3/c1-11-8-13(12-6-4-3-5-7-12)10-15(9-11,18-2)14(16)17/h3-9H,10H2,1-2H3,(H,16,17). The van der Waals surface area contributed by atoms with E-state index in [2.05, 4.69) is 0 Å². The summed E-state index contributed by atoms with van der Waals surface area (Å²) in [6, 6.07) is 9.79. The van der Waals surface area contributed by atoms with Crippen LogP contribution in [0.25, 0.3) is 5.57 Å². The fourth-order valence-electron chi connectivity index (χ4n) is 2.26.